The summed E-state index contributed by atoms with van der Waals surface area (Å²) in [6, 6.07) is 11.3. The number of nitrogens with zero attached hydrogens (tertiary/aromatic N) is 2. The first-order chi connectivity index (χ1) is 13.3. The molecule has 0 spiro atoms. The number of hydrogen-bond donors (Lipinski definition) is 1. The molecule has 3 aromatic rings. The second-order valence-electron chi connectivity index (χ2n) is 6.19. The Labute approximate surface area is 172 Å². The fourth-order valence-corrected chi connectivity index (χ4v) is 3.07. The van der Waals surface area contributed by atoms with E-state index in [9.17, 15) is 9.18 Å². The Morgan fingerprint density at radius 3 is 2.57 bits per heavy atom. The molecule has 0 aliphatic heterocycles. The molecule has 0 saturated carbocycles. The van der Waals surface area contributed by atoms with Gasteiger partial charge in [0.25, 0.3) is 5.91 Å². The molecule has 0 aliphatic rings. The lowest BCUT2D eigenvalue weighted by Crippen LogP contribution is -2.21. The SMILES string of the molecule is Cc1nn(Cc2c(F)cccc2Cl)c(C)c1NC(=O)COc1ccc(Cl)cc1. The summed E-state index contributed by atoms with van der Waals surface area (Å²) >= 11 is 11.9. The maximum absolute atomic E-state index is 14.1. The third-order valence-electron chi connectivity index (χ3n) is 4.20. The van der Waals surface area contributed by atoms with E-state index in [0.29, 0.717) is 38.4 Å². The first-order valence-corrected chi connectivity index (χ1v) is 9.26. The van der Waals surface area contributed by atoms with E-state index >= 15 is 0 Å². The fraction of sp³-hybridized carbons (Fsp3) is 0.200. The molecular weight excluding hydrogens is 404 g/mol. The number of benzene rings is 2. The second kappa shape index (κ2) is 8.63. The van der Waals surface area contributed by atoms with Crippen LogP contribution in [-0.2, 0) is 11.3 Å². The van der Waals surface area contributed by atoms with Gasteiger partial charge in [-0.25, -0.2) is 4.39 Å². The Hall–Kier alpha value is -2.57. The van der Waals surface area contributed by atoms with Crippen molar-refractivity contribution in [1.82, 2.24) is 9.78 Å². The molecule has 1 heterocycles. The van der Waals surface area contributed by atoms with Crippen LogP contribution in [0.3, 0.4) is 0 Å². The third kappa shape index (κ3) is 4.64. The predicted molar refractivity (Wildman–Crippen MR) is 108 cm³/mol. The zero-order chi connectivity index (χ0) is 20.3. The monoisotopic (exact) mass is 421 g/mol. The van der Waals surface area contributed by atoms with Crippen molar-refractivity contribution >= 4 is 34.8 Å². The van der Waals surface area contributed by atoms with Crippen LogP contribution in [0.25, 0.3) is 0 Å². The maximum Gasteiger partial charge on any atom is 0.262 e. The van der Waals surface area contributed by atoms with Gasteiger partial charge in [-0.2, -0.15) is 5.10 Å². The van der Waals surface area contributed by atoms with E-state index in [1.54, 1.807) is 54.9 Å². The topological polar surface area (TPSA) is 56.2 Å². The second-order valence-corrected chi connectivity index (χ2v) is 7.04. The quantitative estimate of drug-likeness (QED) is 0.608. The van der Waals surface area contributed by atoms with Crippen LogP contribution in [0.2, 0.25) is 10.0 Å². The molecule has 1 aromatic heterocycles. The fourth-order valence-electron chi connectivity index (χ4n) is 2.72. The van der Waals surface area contributed by atoms with Crippen LogP contribution in [0.1, 0.15) is 17.0 Å². The lowest BCUT2D eigenvalue weighted by molar-refractivity contribution is -0.118. The van der Waals surface area contributed by atoms with Crippen LogP contribution < -0.4 is 10.1 Å². The highest BCUT2D eigenvalue weighted by atomic mass is 35.5. The lowest BCUT2D eigenvalue weighted by Gasteiger charge is -2.10. The number of ether oxygens (including phenoxy) is 1. The van der Waals surface area contributed by atoms with Crippen molar-refractivity contribution in [3.05, 3.63) is 75.3 Å². The number of carbonyl (C=O) groups excluding carboxylic acids is 1. The molecule has 0 saturated heterocycles. The summed E-state index contributed by atoms with van der Waals surface area (Å²) in [5.41, 5.74) is 2.22. The number of hydrogen-bond acceptors (Lipinski definition) is 3. The molecule has 0 aliphatic carbocycles. The van der Waals surface area contributed by atoms with Gasteiger partial charge in [0, 0.05) is 15.6 Å². The largest absolute Gasteiger partial charge is 0.484 e. The van der Waals surface area contributed by atoms with Crippen LogP contribution in [-0.4, -0.2) is 22.3 Å². The van der Waals surface area contributed by atoms with Crippen molar-refractivity contribution in [2.24, 2.45) is 0 Å². The summed E-state index contributed by atoms with van der Waals surface area (Å²) in [7, 11) is 0. The van der Waals surface area contributed by atoms with Crippen molar-refractivity contribution < 1.29 is 13.9 Å². The van der Waals surface area contributed by atoms with E-state index in [0.717, 1.165) is 0 Å². The third-order valence-corrected chi connectivity index (χ3v) is 4.81. The van der Waals surface area contributed by atoms with Crippen LogP contribution in [0, 0.1) is 19.7 Å². The van der Waals surface area contributed by atoms with E-state index in [1.165, 1.54) is 6.07 Å². The van der Waals surface area contributed by atoms with Crippen molar-refractivity contribution in [2.45, 2.75) is 20.4 Å². The van der Waals surface area contributed by atoms with Gasteiger partial charge >= 0.3 is 0 Å². The normalized spacial score (nSPS) is 10.8. The van der Waals surface area contributed by atoms with Crippen LogP contribution in [0.5, 0.6) is 5.75 Å². The molecule has 8 heteroatoms. The molecule has 146 valence electrons. The smallest absolute Gasteiger partial charge is 0.262 e. The predicted octanol–water partition coefficient (Wildman–Crippen LogP) is 5.01. The average Bonchev–Trinajstić information content (AvgIpc) is 2.92. The highest BCUT2D eigenvalue weighted by Crippen LogP contribution is 2.24. The molecule has 5 nitrogen and oxygen atoms in total. The molecule has 3 rings (SSSR count). The minimum Gasteiger partial charge on any atom is -0.484 e. The Morgan fingerprint density at radius 1 is 1.18 bits per heavy atom. The van der Waals surface area contributed by atoms with Gasteiger partial charge in [0.15, 0.2) is 6.61 Å². The molecular formula is C20H18Cl2FN3O2. The molecule has 0 radical (unpaired) electrons. The Morgan fingerprint density at radius 2 is 1.89 bits per heavy atom. The summed E-state index contributed by atoms with van der Waals surface area (Å²) in [4.78, 5) is 12.3. The first kappa shape index (κ1) is 20.2. The van der Waals surface area contributed by atoms with Gasteiger partial charge in [-0.15, -0.1) is 0 Å². The molecule has 28 heavy (non-hydrogen) atoms. The van der Waals surface area contributed by atoms with E-state index in [4.69, 9.17) is 27.9 Å². The molecule has 2 aromatic carbocycles. The summed E-state index contributed by atoms with van der Waals surface area (Å²) < 4.78 is 21.1. The number of carbonyl (C=O) groups is 1. The summed E-state index contributed by atoms with van der Waals surface area (Å²) in [6.07, 6.45) is 0. The van der Waals surface area contributed by atoms with Gasteiger partial charge in [-0.05, 0) is 50.2 Å². The molecule has 0 unspecified atom stereocenters. The Kier molecular flexibility index (Phi) is 6.21. The van der Waals surface area contributed by atoms with Gasteiger partial charge in [-0.3, -0.25) is 9.48 Å². The van der Waals surface area contributed by atoms with Gasteiger partial charge in [0.2, 0.25) is 0 Å². The minimum atomic E-state index is -0.401. The van der Waals surface area contributed by atoms with Crippen LogP contribution in [0.4, 0.5) is 10.1 Å². The van der Waals surface area contributed by atoms with Gasteiger partial charge in [-0.1, -0.05) is 29.3 Å². The molecule has 1 amide bonds. The molecule has 1 N–H and O–H groups in total. The lowest BCUT2D eigenvalue weighted by atomic mass is 10.2. The summed E-state index contributed by atoms with van der Waals surface area (Å²) in [5, 5.41) is 8.10. The Balaban J connectivity index is 1.69. The number of anilines is 1. The highest BCUT2D eigenvalue weighted by molar-refractivity contribution is 6.31. The average molecular weight is 422 g/mol. The van der Waals surface area contributed by atoms with E-state index in [-0.39, 0.29) is 19.1 Å². The standard InChI is InChI=1S/C20H18Cl2FN3O2/c1-12-20(24-19(27)11-28-15-8-6-14(21)7-9-15)13(2)26(25-12)10-16-17(22)4-3-5-18(16)23/h3-9H,10-11H2,1-2H3,(H,24,27). The maximum atomic E-state index is 14.1. The highest BCUT2D eigenvalue weighted by Gasteiger charge is 2.17. The zero-order valence-electron chi connectivity index (χ0n) is 15.3. The zero-order valence-corrected chi connectivity index (χ0v) is 16.8. The molecule has 0 atom stereocenters. The van der Waals surface area contributed by atoms with E-state index in [1.807, 2.05) is 0 Å². The minimum absolute atomic E-state index is 0.162. The number of aryl methyl sites for hydroxylation is 1. The number of amides is 1. The van der Waals surface area contributed by atoms with Crippen LogP contribution in [0.15, 0.2) is 42.5 Å². The summed E-state index contributed by atoms with van der Waals surface area (Å²) in [5.74, 6) is -0.190. The number of rotatable bonds is 6. The Bertz CT molecular complexity index is 983. The molecule has 0 fully saturated rings. The van der Waals surface area contributed by atoms with Gasteiger partial charge in [0.1, 0.15) is 11.6 Å². The van der Waals surface area contributed by atoms with Crippen molar-refractivity contribution in [3.8, 4) is 5.75 Å². The van der Waals surface area contributed by atoms with Gasteiger partial charge < -0.3 is 10.1 Å². The first-order valence-electron chi connectivity index (χ1n) is 8.50. The van der Waals surface area contributed by atoms with Crippen molar-refractivity contribution in [3.63, 3.8) is 0 Å². The van der Waals surface area contributed by atoms with Crippen LogP contribution >= 0.6 is 23.2 Å². The van der Waals surface area contributed by atoms with E-state index < -0.39 is 5.82 Å². The van der Waals surface area contributed by atoms with Crippen molar-refractivity contribution in [1.29, 1.82) is 0 Å². The van der Waals surface area contributed by atoms with E-state index in [2.05, 4.69) is 10.4 Å². The number of nitrogens with one attached hydrogen (secondary N) is 1. The summed E-state index contributed by atoms with van der Waals surface area (Å²) in [6.45, 7) is 3.56. The number of halogens is 3. The number of aromatic nitrogens is 2. The van der Waals surface area contributed by atoms with Gasteiger partial charge in [0.05, 0.1) is 23.6 Å². The molecule has 0 bridgehead atoms. The van der Waals surface area contributed by atoms with Crippen molar-refractivity contribution in [2.75, 3.05) is 11.9 Å².